The highest BCUT2D eigenvalue weighted by molar-refractivity contribution is 9.10. The maximum atomic E-state index is 4.48. The molecular weight excluding hydrogens is 290 g/mol. The summed E-state index contributed by atoms with van der Waals surface area (Å²) in [6.45, 7) is 2.16. The van der Waals surface area contributed by atoms with Gasteiger partial charge in [0.25, 0.3) is 0 Å². The lowest BCUT2D eigenvalue weighted by Crippen LogP contribution is -2.38. The van der Waals surface area contributed by atoms with E-state index in [1.165, 1.54) is 23.6 Å². The van der Waals surface area contributed by atoms with Gasteiger partial charge < -0.3 is 10.6 Å². The van der Waals surface area contributed by atoms with Crippen LogP contribution in [0.5, 0.6) is 0 Å². The molecule has 1 unspecified atom stereocenters. The first-order chi connectivity index (χ1) is 8.83. The summed E-state index contributed by atoms with van der Waals surface area (Å²) in [7, 11) is 0. The van der Waals surface area contributed by atoms with Crippen LogP contribution in [0.3, 0.4) is 0 Å². The molecule has 1 aliphatic heterocycles. The Kier molecular flexibility index (Phi) is 3.48. The maximum absolute atomic E-state index is 4.48. The molecule has 0 saturated carbocycles. The monoisotopic (exact) mass is 305 g/mol. The van der Waals surface area contributed by atoms with Crippen molar-refractivity contribution in [1.82, 2.24) is 10.3 Å². The number of nitrogens with one attached hydrogen (secondary N) is 2. The highest BCUT2D eigenvalue weighted by atomic mass is 79.9. The molecule has 0 radical (unpaired) electrons. The number of nitrogens with zero attached hydrogens (tertiary/aromatic N) is 1. The SMILES string of the molecule is Brc1ccc2c(NC3CCCNC3)nccc2c1. The number of rotatable bonds is 2. The Hall–Kier alpha value is -1.13. The fourth-order valence-electron chi connectivity index (χ4n) is 2.43. The van der Waals surface area contributed by atoms with E-state index in [-0.39, 0.29) is 0 Å². The van der Waals surface area contributed by atoms with Crippen LogP contribution in [0.1, 0.15) is 12.8 Å². The van der Waals surface area contributed by atoms with Gasteiger partial charge >= 0.3 is 0 Å². The molecule has 2 N–H and O–H groups in total. The second-order valence-electron chi connectivity index (χ2n) is 4.71. The predicted molar refractivity (Wildman–Crippen MR) is 79.0 cm³/mol. The van der Waals surface area contributed by atoms with Crippen molar-refractivity contribution < 1.29 is 0 Å². The van der Waals surface area contributed by atoms with E-state index in [0.29, 0.717) is 6.04 Å². The summed E-state index contributed by atoms with van der Waals surface area (Å²) in [5, 5.41) is 9.37. The van der Waals surface area contributed by atoms with Crippen LogP contribution in [0.25, 0.3) is 10.8 Å². The normalized spacial score (nSPS) is 19.9. The van der Waals surface area contributed by atoms with E-state index < -0.39 is 0 Å². The van der Waals surface area contributed by atoms with E-state index in [2.05, 4.69) is 49.7 Å². The summed E-state index contributed by atoms with van der Waals surface area (Å²) < 4.78 is 1.10. The number of pyridine rings is 1. The minimum atomic E-state index is 0.487. The third-order valence-corrected chi connectivity index (χ3v) is 3.86. The summed E-state index contributed by atoms with van der Waals surface area (Å²) in [5.41, 5.74) is 0. The summed E-state index contributed by atoms with van der Waals surface area (Å²) >= 11 is 3.50. The van der Waals surface area contributed by atoms with Crippen LogP contribution in [-0.4, -0.2) is 24.1 Å². The standard InChI is InChI=1S/C14H16BrN3/c15-11-3-4-13-10(8-11)5-7-17-14(13)18-12-2-1-6-16-9-12/h3-5,7-8,12,16H,1-2,6,9H2,(H,17,18). The van der Waals surface area contributed by atoms with Gasteiger partial charge in [-0.2, -0.15) is 0 Å². The van der Waals surface area contributed by atoms with Gasteiger partial charge in [-0.25, -0.2) is 4.98 Å². The molecule has 1 atom stereocenters. The Balaban J connectivity index is 1.91. The van der Waals surface area contributed by atoms with E-state index in [0.717, 1.165) is 23.4 Å². The zero-order valence-corrected chi connectivity index (χ0v) is 11.7. The first-order valence-corrected chi connectivity index (χ1v) is 7.14. The Morgan fingerprint density at radius 1 is 1.33 bits per heavy atom. The Bertz CT molecular complexity index is 550. The Morgan fingerprint density at radius 2 is 2.28 bits per heavy atom. The number of hydrogen-bond acceptors (Lipinski definition) is 3. The fraction of sp³-hybridized carbons (Fsp3) is 0.357. The number of aromatic nitrogens is 1. The van der Waals surface area contributed by atoms with Gasteiger partial charge in [0.05, 0.1) is 0 Å². The highest BCUT2D eigenvalue weighted by Crippen LogP contribution is 2.25. The van der Waals surface area contributed by atoms with E-state index in [9.17, 15) is 0 Å². The number of piperidine rings is 1. The second kappa shape index (κ2) is 5.24. The van der Waals surface area contributed by atoms with Crippen molar-refractivity contribution in [2.75, 3.05) is 18.4 Å². The molecular formula is C14H16BrN3. The van der Waals surface area contributed by atoms with Crippen molar-refractivity contribution in [3.8, 4) is 0 Å². The van der Waals surface area contributed by atoms with Crippen molar-refractivity contribution in [2.45, 2.75) is 18.9 Å². The van der Waals surface area contributed by atoms with Gasteiger partial charge in [0.2, 0.25) is 0 Å². The smallest absolute Gasteiger partial charge is 0.134 e. The molecule has 2 heterocycles. The van der Waals surface area contributed by atoms with E-state index >= 15 is 0 Å². The van der Waals surface area contributed by atoms with Crippen LogP contribution in [0.15, 0.2) is 34.9 Å². The van der Waals surface area contributed by atoms with Crippen molar-refractivity contribution in [1.29, 1.82) is 0 Å². The third kappa shape index (κ3) is 2.49. The lowest BCUT2D eigenvalue weighted by molar-refractivity contribution is 0.479. The topological polar surface area (TPSA) is 37.0 Å². The minimum absolute atomic E-state index is 0.487. The molecule has 1 aromatic heterocycles. The molecule has 1 aliphatic rings. The van der Waals surface area contributed by atoms with E-state index in [1.807, 2.05) is 12.3 Å². The minimum Gasteiger partial charge on any atom is -0.366 e. The van der Waals surface area contributed by atoms with Gasteiger partial charge in [-0.3, -0.25) is 0 Å². The number of hydrogen-bond donors (Lipinski definition) is 2. The lowest BCUT2D eigenvalue weighted by atomic mass is 10.1. The number of halogens is 1. The van der Waals surface area contributed by atoms with Crippen LogP contribution < -0.4 is 10.6 Å². The van der Waals surface area contributed by atoms with Crippen molar-refractivity contribution in [2.24, 2.45) is 0 Å². The molecule has 4 heteroatoms. The molecule has 18 heavy (non-hydrogen) atoms. The summed E-state index contributed by atoms with van der Waals surface area (Å²) in [5.74, 6) is 0.994. The van der Waals surface area contributed by atoms with Crippen LogP contribution in [0, 0.1) is 0 Å². The van der Waals surface area contributed by atoms with Crippen LogP contribution in [0.2, 0.25) is 0 Å². The first-order valence-electron chi connectivity index (χ1n) is 6.34. The van der Waals surface area contributed by atoms with Gasteiger partial charge in [0.15, 0.2) is 0 Å². The maximum Gasteiger partial charge on any atom is 0.134 e. The van der Waals surface area contributed by atoms with E-state index in [4.69, 9.17) is 0 Å². The lowest BCUT2D eigenvalue weighted by Gasteiger charge is -2.24. The van der Waals surface area contributed by atoms with Crippen LogP contribution in [0.4, 0.5) is 5.82 Å². The van der Waals surface area contributed by atoms with Gasteiger partial charge in [0, 0.05) is 28.6 Å². The van der Waals surface area contributed by atoms with Crippen molar-refractivity contribution >= 4 is 32.5 Å². The predicted octanol–water partition coefficient (Wildman–Crippen LogP) is 3.16. The molecule has 1 fully saturated rings. The highest BCUT2D eigenvalue weighted by Gasteiger charge is 2.14. The third-order valence-electron chi connectivity index (χ3n) is 3.36. The quantitative estimate of drug-likeness (QED) is 0.895. The summed E-state index contributed by atoms with van der Waals surface area (Å²) in [4.78, 5) is 4.48. The molecule has 2 aromatic rings. The molecule has 0 aliphatic carbocycles. The van der Waals surface area contributed by atoms with E-state index in [1.54, 1.807) is 0 Å². The molecule has 3 nitrogen and oxygen atoms in total. The van der Waals surface area contributed by atoms with Crippen molar-refractivity contribution in [3.63, 3.8) is 0 Å². The summed E-state index contributed by atoms with van der Waals surface area (Å²) in [6, 6.07) is 8.84. The average Bonchev–Trinajstić information content (AvgIpc) is 2.40. The molecule has 1 saturated heterocycles. The van der Waals surface area contributed by atoms with Crippen LogP contribution in [-0.2, 0) is 0 Å². The van der Waals surface area contributed by atoms with Crippen LogP contribution >= 0.6 is 15.9 Å². The van der Waals surface area contributed by atoms with Gasteiger partial charge in [-0.15, -0.1) is 0 Å². The molecule has 0 spiro atoms. The molecule has 0 amide bonds. The number of benzene rings is 1. The number of anilines is 1. The fourth-order valence-corrected chi connectivity index (χ4v) is 2.81. The number of fused-ring (bicyclic) bond motifs is 1. The van der Waals surface area contributed by atoms with Crippen molar-refractivity contribution in [3.05, 3.63) is 34.9 Å². The zero-order chi connectivity index (χ0) is 12.4. The molecule has 94 valence electrons. The zero-order valence-electron chi connectivity index (χ0n) is 10.1. The average molecular weight is 306 g/mol. The molecule has 0 bridgehead atoms. The Morgan fingerprint density at radius 3 is 3.11 bits per heavy atom. The Labute approximate surface area is 115 Å². The second-order valence-corrected chi connectivity index (χ2v) is 5.63. The van der Waals surface area contributed by atoms with Gasteiger partial charge in [0.1, 0.15) is 5.82 Å². The van der Waals surface area contributed by atoms with Gasteiger partial charge in [-0.1, -0.05) is 15.9 Å². The largest absolute Gasteiger partial charge is 0.366 e. The van der Waals surface area contributed by atoms with Gasteiger partial charge in [-0.05, 0) is 49.0 Å². The first kappa shape index (κ1) is 11.9. The molecule has 3 rings (SSSR count). The molecule has 1 aromatic carbocycles. The summed E-state index contributed by atoms with van der Waals surface area (Å²) in [6.07, 6.45) is 4.31.